The summed E-state index contributed by atoms with van der Waals surface area (Å²) in [4.78, 5) is 21.2. The fraction of sp³-hybridized carbons (Fsp3) is 0.238. The van der Waals surface area contributed by atoms with Gasteiger partial charge in [-0.3, -0.25) is 4.79 Å². The van der Waals surface area contributed by atoms with Gasteiger partial charge in [-0.1, -0.05) is 48.2 Å². The molecule has 2 aromatic heterocycles. The van der Waals surface area contributed by atoms with Crippen LogP contribution >= 0.6 is 11.8 Å². The minimum Gasteiger partial charge on any atom is -0.349 e. The Morgan fingerprint density at radius 1 is 1.11 bits per heavy atom. The first-order valence-electron chi connectivity index (χ1n) is 9.11. The molecule has 0 radical (unpaired) electrons. The molecule has 0 bridgehead atoms. The molecule has 1 amide bonds. The summed E-state index contributed by atoms with van der Waals surface area (Å²) in [5.41, 5.74) is 2.95. The van der Waals surface area contributed by atoms with E-state index in [-0.39, 0.29) is 17.7 Å². The molecule has 0 aliphatic carbocycles. The fourth-order valence-electron chi connectivity index (χ4n) is 3.18. The zero-order valence-corrected chi connectivity index (χ0v) is 16.8. The third-order valence-electron chi connectivity index (χ3n) is 4.58. The lowest BCUT2D eigenvalue weighted by Gasteiger charge is -2.14. The average molecular weight is 392 g/mol. The zero-order chi connectivity index (χ0) is 19.7. The van der Waals surface area contributed by atoms with Gasteiger partial charge in [0.05, 0.1) is 11.8 Å². The predicted molar refractivity (Wildman–Crippen MR) is 111 cm³/mol. The summed E-state index contributed by atoms with van der Waals surface area (Å²) in [5.74, 6) is 0.766. The second-order valence-electron chi connectivity index (χ2n) is 6.83. The van der Waals surface area contributed by atoms with Crippen LogP contribution in [0.3, 0.4) is 0 Å². The molecule has 0 unspecified atom stereocenters. The summed E-state index contributed by atoms with van der Waals surface area (Å²) in [7, 11) is 0. The van der Waals surface area contributed by atoms with Crippen LogP contribution in [0.15, 0.2) is 53.7 Å². The van der Waals surface area contributed by atoms with Crippen LogP contribution in [0.25, 0.3) is 16.6 Å². The molecule has 0 aliphatic rings. The first kappa shape index (κ1) is 18.4. The number of nitrogens with one attached hydrogen (secondary N) is 1. The van der Waals surface area contributed by atoms with Gasteiger partial charge in [-0.2, -0.15) is 4.98 Å². The van der Waals surface area contributed by atoms with Gasteiger partial charge in [0.25, 0.3) is 5.78 Å². The summed E-state index contributed by atoms with van der Waals surface area (Å²) in [6, 6.07) is 16.3. The van der Waals surface area contributed by atoms with Crippen molar-refractivity contribution in [2.75, 3.05) is 5.75 Å². The minimum absolute atomic E-state index is 0.0506. The van der Waals surface area contributed by atoms with Crippen LogP contribution in [0.2, 0.25) is 0 Å². The third-order valence-corrected chi connectivity index (χ3v) is 5.42. The summed E-state index contributed by atoms with van der Waals surface area (Å²) in [5, 5.41) is 10.4. The molecule has 7 heteroatoms. The number of benzene rings is 2. The van der Waals surface area contributed by atoms with E-state index in [1.165, 1.54) is 22.5 Å². The van der Waals surface area contributed by atoms with E-state index in [2.05, 4.69) is 50.7 Å². The van der Waals surface area contributed by atoms with Crippen molar-refractivity contribution in [2.24, 2.45) is 0 Å². The Morgan fingerprint density at radius 3 is 2.71 bits per heavy atom. The van der Waals surface area contributed by atoms with Crippen LogP contribution in [-0.4, -0.2) is 31.2 Å². The molecule has 1 N–H and O–H groups in total. The van der Waals surface area contributed by atoms with Gasteiger partial charge in [-0.15, -0.1) is 5.10 Å². The maximum Gasteiger partial charge on any atom is 0.253 e. The average Bonchev–Trinajstić information content (AvgIpc) is 3.09. The summed E-state index contributed by atoms with van der Waals surface area (Å²) >= 11 is 1.31. The van der Waals surface area contributed by atoms with Crippen molar-refractivity contribution in [2.45, 2.75) is 32.0 Å². The van der Waals surface area contributed by atoms with Crippen molar-refractivity contribution in [3.8, 4) is 0 Å². The van der Waals surface area contributed by atoms with E-state index in [0.717, 1.165) is 17.0 Å². The van der Waals surface area contributed by atoms with Gasteiger partial charge in [-0.25, -0.2) is 9.50 Å². The van der Waals surface area contributed by atoms with Crippen LogP contribution < -0.4 is 5.32 Å². The Balaban J connectivity index is 1.40. The van der Waals surface area contributed by atoms with E-state index in [1.54, 1.807) is 4.52 Å². The van der Waals surface area contributed by atoms with Gasteiger partial charge < -0.3 is 5.32 Å². The van der Waals surface area contributed by atoms with E-state index < -0.39 is 0 Å². The molecule has 4 rings (SSSR count). The number of carbonyl (C=O) groups excluding carboxylic acids is 1. The van der Waals surface area contributed by atoms with E-state index in [4.69, 9.17) is 0 Å². The molecule has 4 aromatic rings. The molecule has 0 aliphatic heterocycles. The molecule has 2 heterocycles. The Morgan fingerprint density at radius 2 is 1.89 bits per heavy atom. The monoisotopic (exact) mass is 391 g/mol. The number of thioether (sulfide) groups is 1. The number of rotatable bonds is 5. The molecule has 6 nitrogen and oxygen atoms in total. The molecule has 0 saturated heterocycles. The van der Waals surface area contributed by atoms with Crippen molar-refractivity contribution < 1.29 is 4.79 Å². The molecular weight excluding hydrogens is 370 g/mol. The number of carbonyl (C=O) groups is 1. The van der Waals surface area contributed by atoms with Crippen LogP contribution in [0, 0.1) is 13.8 Å². The molecular formula is C21H21N5OS. The SMILES string of the molecule is Cc1cc(C)n2nc(SCC(=O)N[C@@H](C)c3ccc4ccccc4c3)nc2n1. The molecule has 1 atom stereocenters. The van der Waals surface area contributed by atoms with Crippen LogP contribution in [-0.2, 0) is 4.79 Å². The van der Waals surface area contributed by atoms with Gasteiger partial charge in [0.1, 0.15) is 0 Å². The molecule has 142 valence electrons. The summed E-state index contributed by atoms with van der Waals surface area (Å²) < 4.78 is 1.70. The maximum atomic E-state index is 12.4. The Labute approximate surface area is 167 Å². The number of fused-ring (bicyclic) bond motifs is 2. The molecule has 0 saturated carbocycles. The van der Waals surface area contributed by atoms with Gasteiger partial charge >= 0.3 is 0 Å². The topological polar surface area (TPSA) is 72.2 Å². The third kappa shape index (κ3) is 3.84. The van der Waals surface area contributed by atoms with E-state index in [9.17, 15) is 4.79 Å². The van der Waals surface area contributed by atoms with Crippen molar-refractivity contribution in [3.63, 3.8) is 0 Å². The van der Waals surface area contributed by atoms with Crippen LogP contribution in [0.1, 0.15) is 29.9 Å². The highest BCUT2D eigenvalue weighted by Gasteiger charge is 2.13. The number of hydrogen-bond donors (Lipinski definition) is 1. The standard InChI is InChI=1S/C21H21N5OS/c1-13-10-14(2)26-20(22-13)24-21(25-26)28-12-19(27)23-15(3)17-9-8-16-6-4-5-7-18(16)11-17/h4-11,15H,12H2,1-3H3,(H,23,27)/t15-/m0/s1. The van der Waals surface area contributed by atoms with E-state index in [1.807, 2.05) is 39.0 Å². The van der Waals surface area contributed by atoms with Crippen molar-refractivity contribution in [1.82, 2.24) is 24.9 Å². The zero-order valence-electron chi connectivity index (χ0n) is 16.0. The van der Waals surface area contributed by atoms with Crippen LogP contribution in [0.5, 0.6) is 0 Å². The Bertz CT molecular complexity index is 1170. The highest BCUT2D eigenvalue weighted by molar-refractivity contribution is 7.99. The van der Waals surface area contributed by atoms with E-state index >= 15 is 0 Å². The quantitative estimate of drug-likeness (QED) is 0.523. The highest BCUT2D eigenvalue weighted by Crippen LogP contribution is 2.21. The molecule has 28 heavy (non-hydrogen) atoms. The maximum absolute atomic E-state index is 12.4. The van der Waals surface area contributed by atoms with Gasteiger partial charge in [0, 0.05) is 11.4 Å². The second-order valence-corrected chi connectivity index (χ2v) is 7.77. The van der Waals surface area contributed by atoms with Crippen molar-refractivity contribution in [1.29, 1.82) is 0 Å². The number of aryl methyl sites for hydroxylation is 2. The number of hydrogen-bond acceptors (Lipinski definition) is 5. The largest absolute Gasteiger partial charge is 0.349 e. The first-order valence-corrected chi connectivity index (χ1v) is 10.1. The summed E-state index contributed by atoms with van der Waals surface area (Å²) in [6.45, 7) is 5.88. The smallest absolute Gasteiger partial charge is 0.253 e. The van der Waals surface area contributed by atoms with Gasteiger partial charge in [0.15, 0.2) is 0 Å². The lowest BCUT2D eigenvalue weighted by molar-refractivity contribution is -0.119. The number of nitrogens with zero attached hydrogens (tertiary/aromatic N) is 4. The fourth-order valence-corrected chi connectivity index (χ4v) is 3.81. The van der Waals surface area contributed by atoms with E-state index in [0.29, 0.717) is 10.9 Å². The molecule has 0 fully saturated rings. The first-order chi connectivity index (χ1) is 13.5. The van der Waals surface area contributed by atoms with Gasteiger partial charge in [-0.05, 0) is 49.2 Å². The molecule has 2 aromatic carbocycles. The highest BCUT2D eigenvalue weighted by atomic mass is 32.2. The normalized spacial score (nSPS) is 12.4. The Hall–Kier alpha value is -2.93. The number of aromatic nitrogens is 4. The second kappa shape index (κ2) is 7.59. The summed E-state index contributed by atoms with van der Waals surface area (Å²) in [6.07, 6.45) is 0. The van der Waals surface area contributed by atoms with Crippen LogP contribution in [0.4, 0.5) is 0 Å². The minimum atomic E-state index is -0.0710. The van der Waals surface area contributed by atoms with Crippen molar-refractivity contribution in [3.05, 3.63) is 65.5 Å². The number of amides is 1. The Kier molecular flexibility index (Phi) is 5.00. The lowest BCUT2D eigenvalue weighted by Crippen LogP contribution is -2.28. The predicted octanol–water partition coefficient (Wildman–Crippen LogP) is 3.86. The van der Waals surface area contributed by atoms with Crippen molar-refractivity contribution >= 4 is 34.2 Å². The lowest BCUT2D eigenvalue weighted by atomic mass is 10.0. The molecule has 0 spiro atoms. The van der Waals surface area contributed by atoms with Gasteiger partial charge in [0.2, 0.25) is 11.1 Å².